The summed E-state index contributed by atoms with van der Waals surface area (Å²) in [5, 5.41) is 1.17. The van der Waals surface area contributed by atoms with E-state index in [9.17, 15) is 0 Å². The molecule has 0 saturated heterocycles. The van der Waals surface area contributed by atoms with E-state index in [0.717, 1.165) is 30.8 Å². The first-order valence-corrected chi connectivity index (χ1v) is 6.99. The highest BCUT2D eigenvalue weighted by molar-refractivity contribution is 6.18. The van der Waals surface area contributed by atoms with Crippen LogP contribution >= 0.6 is 11.6 Å². The number of nitrogens with zero attached hydrogens (tertiary/aromatic N) is 2. The molecule has 2 aromatic rings. The van der Waals surface area contributed by atoms with E-state index in [0.29, 0.717) is 12.5 Å². The van der Waals surface area contributed by atoms with E-state index in [1.165, 1.54) is 5.39 Å². The zero-order valence-corrected chi connectivity index (χ0v) is 11.9. The monoisotopic (exact) mass is 278 g/mol. The van der Waals surface area contributed by atoms with Gasteiger partial charge in [0, 0.05) is 38.0 Å². The molecule has 0 N–H and O–H groups in total. The normalized spacial score (nSPS) is 11.3. The molecule has 0 saturated carbocycles. The summed E-state index contributed by atoms with van der Waals surface area (Å²) in [6.45, 7) is 3.24. The molecule has 4 heteroatoms. The molecule has 0 amide bonds. The van der Waals surface area contributed by atoms with Gasteiger partial charge in [0.1, 0.15) is 0 Å². The van der Waals surface area contributed by atoms with Gasteiger partial charge < -0.3 is 4.74 Å². The molecule has 3 nitrogen and oxygen atoms in total. The second kappa shape index (κ2) is 7.43. The minimum absolute atomic E-state index is 0.622. The van der Waals surface area contributed by atoms with Crippen LogP contribution in [-0.2, 0) is 11.3 Å². The average Bonchev–Trinajstić information content (AvgIpc) is 2.45. The van der Waals surface area contributed by atoms with Crippen molar-refractivity contribution in [2.24, 2.45) is 0 Å². The van der Waals surface area contributed by atoms with E-state index in [1.807, 2.05) is 18.2 Å². The van der Waals surface area contributed by atoms with Gasteiger partial charge in [-0.3, -0.25) is 9.88 Å². The highest BCUT2D eigenvalue weighted by atomic mass is 35.5. The fraction of sp³-hybridized carbons (Fsp3) is 0.400. The standard InChI is InChI=1S/C15H19ClN2O/c1-19-11-10-18(9-8-16)12-14-7-6-13-4-2-3-5-15(13)17-14/h2-7H,8-12H2,1H3. The number of hydrogen-bond acceptors (Lipinski definition) is 3. The van der Waals surface area contributed by atoms with Crippen molar-refractivity contribution in [2.75, 3.05) is 32.7 Å². The number of methoxy groups -OCH3 is 1. The highest BCUT2D eigenvalue weighted by Crippen LogP contribution is 2.13. The van der Waals surface area contributed by atoms with Crippen LogP contribution in [-0.4, -0.2) is 42.6 Å². The Morgan fingerprint density at radius 3 is 2.79 bits per heavy atom. The van der Waals surface area contributed by atoms with Crippen LogP contribution in [0.15, 0.2) is 36.4 Å². The lowest BCUT2D eigenvalue weighted by Gasteiger charge is -2.20. The van der Waals surface area contributed by atoms with Crippen LogP contribution in [0, 0.1) is 0 Å². The van der Waals surface area contributed by atoms with Crippen LogP contribution in [0.3, 0.4) is 0 Å². The Morgan fingerprint density at radius 1 is 1.16 bits per heavy atom. The number of ether oxygens (including phenoxy) is 1. The summed E-state index contributed by atoms with van der Waals surface area (Å²) < 4.78 is 5.12. The van der Waals surface area contributed by atoms with Gasteiger partial charge in [-0.1, -0.05) is 24.3 Å². The quantitative estimate of drug-likeness (QED) is 0.728. The molecule has 0 atom stereocenters. The van der Waals surface area contributed by atoms with Crippen molar-refractivity contribution in [3.8, 4) is 0 Å². The summed E-state index contributed by atoms with van der Waals surface area (Å²) in [5.74, 6) is 0.622. The molecule has 0 radical (unpaired) electrons. The van der Waals surface area contributed by atoms with Crippen molar-refractivity contribution in [3.05, 3.63) is 42.1 Å². The second-order valence-corrected chi connectivity index (χ2v) is 4.83. The van der Waals surface area contributed by atoms with Crippen molar-refractivity contribution >= 4 is 22.5 Å². The summed E-state index contributed by atoms with van der Waals surface area (Å²) in [7, 11) is 1.72. The molecule has 1 aromatic carbocycles. The number of pyridine rings is 1. The number of fused-ring (bicyclic) bond motifs is 1. The molecule has 2 rings (SSSR count). The lowest BCUT2D eigenvalue weighted by atomic mass is 10.2. The maximum absolute atomic E-state index is 5.83. The minimum atomic E-state index is 0.622. The molecule has 1 aromatic heterocycles. The topological polar surface area (TPSA) is 25.4 Å². The number of benzene rings is 1. The molecule has 102 valence electrons. The molecule has 0 fully saturated rings. The lowest BCUT2D eigenvalue weighted by Crippen LogP contribution is -2.29. The number of hydrogen-bond donors (Lipinski definition) is 0. The molecule has 1 heterocycles. The molecular formula is C15H19ClN2O. The highest BCUT2D eigenvalue weighted by Gasteiger charge is 2.06. The van der Waals surface area contributed by atoms with Crippen molar-refractivity contribution in [1.82, 2.24) is 9.88 Å². The Labute approximate surface area is 119 Å². The first kappa shape index (κ1) is 14.3. The maximum atomic E-state index is 5.83. The predicted octanol–water partition coefficient (Wildman–Crippen LogP) is 2.92. The van der Waals surface area contributed by atoms with E-state index in [1.54, 1.807) is 7.11 Å². The first-order chi connectivity index (χ1) is 9.33. The van der Waals surface area contributed by atoms with Gasteiger partial charge in [0.2, 0.25) is 0 Å². The van der Waals surface area contributed by atoms with E-state index in [2.05, 4.69) is 28.1 Å². The summed E-state index contributed by atoms with van der Waals surface area (Å²) in [6.07, 6.45) is 0. The van der Waals surface area contributed by atoms with Gasteiger partial charge in [0.25, 0.3) is 0 Å². The van der Waals surface area contributed by atoms with Gasteiger partial charge in [0.05, 0.1) is 17.8 Å². The minimum Gasteiger partial charge on any atom is -0.383 e. The molecule has 0 spiro atoms. The average molecular weight is 279 g/mol. The second-order valence-electron chi connectivity index (χ2n) is 4.45. The van der Waals surface area contributed by atoms with Gasteiger partial charge in [-0.15, -0.1) is 11.6 Å². The van der Waals surface area contributed by atoms with Gasteiger partial charge in [-0.25, -0.2) is 0 Å². The number of rotatable bonds is 7. The van der Waals surface area contributed by atoms with E-state index < -0.39 is 0 Å². The van der Waals surface area contributed by atoms with Crippen LogP contribution in [0.2, 0.25) is 0 Å². The number of aromatic nitrogens is 1. The number of halogens is 1. The van der Waals surface area contributed by atoms with Gasteiger partial charge in [-0.2, -0.15) is 0 Å². The predicted molar refractivity (Wildman–Crippen MR) is 79.6 cm³/mol. The zero-order chi connectivity index (χ0) is 13.5. The number of para-hydroxylation sites is 1. The van der Waals surface area contributed by atoms with Crippen molar-refractivity contribution in [1.29, 1.82) is 0 Å². The van der Waals surface area contributed by atoms with E-state index in [-0.39, 0.29) is 0 Å². The Kier molecular flexibility index (Phi) is 5.58. The van der Waals surface area contributed by atoms with Crippen LogP contribution in [0.25, 0.3) is 10.9 Å². The summed E-state index contributed by atoms with van der Waals surface area (Å²) >= 11 is 5.83. The number of alkyl halides is 1. The van der Waals surface area contributed by atoms with Crippen LogP contribution in [0.5, 0.6) is 0 Å². The molecule has 0 aliphatic rings. The van der Waals surface area contributed by atoms with E-state index in [4.69, 9.17) is 16.3 Å². The summed E-state index contributed by atoms with van der Waals surface area (Å²) in [4.78, 5) is 6.94. The van der Waals surface area contributed by atoms with Crippen LogP contribution in [0.4, 0.5) is 0 Å². The Morgan fingerprint density at radius 2 is 2.00 bits per heavy atom. The van der Waals surface area contributed by atoms with Gasteiger partial charge in [-0.05, 0) is 12.1 Å². The summed E-state index contributed by atoms with van der Waals surface area (Å²) in [5.41, 5.74) is 2.11. The van der Waals surface area contributed by atoms with Crippen molar-refractivity contribution in [3.63, 3.8) is 0 Å². The zero-order valence-electron chi connectivity index (χ0n) is 11.2. The SMILES string of the molecule is COCCN(CCCl)Cc1ccc2ccccc2n1. The molecule has 0 unspecified atom stereocenters. The fourth-order valence-electron chi connectivity index (χ4n) is 2.04. The largest absolute Gasteiger partial charge is 0.383 e. The van der Waals surface area contributed by atoms with Crippen LogP contribution < -0.4 is 0 Å². The first-order valence-electron chi connectivity index (χ1n) is 6.45. The molecule has 0 aliphatic carbocycles. The third-order valence-corrected chi connectivity index (χ3v) is 3.22. The van der Waals surface area contributed by atoms with Gasteiger partial charge >= 0.3 is 0 Å². The summed E-state index contributed by atoms with van der Waals surface area (Å²) in [6, 6.07) is 12.4. The van der Waals surface area contributed by atoms with Crippen molar-refractivity contribution < 1.29 is 4.74 Å². The lowest BCUT2D eigenvalue weighted by molar-refractivity contribution is 0.147. The fourth-order valence-corrected chi connectivity index (χ4v) is 2.27. The van der Waals surface area contributed by atoms with Crippen molar-refractivity contribution in [2.45, 2.75) is 6.54 Å². The van der Waals surface area contributed by atoms with E-state index >= 15 is 0 Å². The molecule has 0 aliphatic heterocycles. The maximum Gasteiger partial charge on any atom is 0.0705 e. The third-order valence-electron chi connectivity index (χ3n) is 3.05. The Bertz CT molecular complexity index is 518. The molecule has 0 bridgehead atoms. The smallest absolute Gasteiger partial charge is 0.0705 e. The van der Waals surface area contributed by atoms with Gasteiger partial charge in [0.15, 0.2) is 0 Å². The molecular weight excluding hydrogens is 260 g/mol. The van der Waals surface area contributed by atoms with Crippen LogP contribution in [0.1, 0.15) is 5.69 Å². The third kappa shape index (κ3) is 4.16. The Balaban J connectivity index is 2.09. The molecule has 19 heavy (non-hydrogen) atoms. The Hall–Kier alpha value is -1.16.